The molecule has 0 saturated carbocycles. The highest BCUT2D eigenvalue weighted by Gasteiger charge is 2.24. The van der Waals surface area contributed by atoms with Crippen molar-refractivity contribution >= 4 is 21.8 Å². The Labute approximate surface area is 288 Å². The van der Waals surface area contributed by atoms with E-state index in [-0.39, 0.29) is 9.79 Å². The van der Waals surface area contributed by atoms with Crippen LogP contribution >= 0.6 is 0 Å². The lowest BCUT2D eigenvalue weighted by Crippen LogP contribution is -2.10. The van der Waals surface area contributed by atoms with E-state index in [0.29, 0.717) is 90.2 Å². The first-order chi connectivity index (χ1) is 22.8. The molecule has 0 spiro atoms. The summed E-state index contributed by atoms with van der Waals surface area (Å²) in [7, 11) is -3.91. The second-order valence-electron chi connectivity index (χ2n) is 12.6. The van der Waals surface area contributed by atoms with Crippen molar-refractivity contribution in [3.05, 3.63) is 117 Å². The number of carbonyl (C=O) groups is 2. The Kier molecular flexibility index (Phi) is 10.6. The molecule has 0 amide bonds. The van der Waals surface area contributed by atoms with Gasteiger partial charge in [-0.3, -0.25) is 0 Å². The first-order valence-electron chi connectivity index (χ1n) is 15.6. The molecule has 256 valence electrons. The number of aryl methyl sites for hydroxylation is 8. The summed E-state index contributed by atoms with van der Waals surface area (Å²) in [6, 6.07) is 13.5. The van der Waals surface area contributed by atoms with Crippen molar-refractivity contribution in [1.29, 1.82) is 0 Å². The maximum Gasteiger partial charge on any atom is 0.338 e. The summed E-state index contributed by atoms with van der Waals surface area (Å²) in [6.07, 6.45) is 0. The topological polar surface area (TPSA) is 105 Å². The Bertz CT molecular complexity index is 1920. The van der Waals surface area contributed by atoms with Gasteiger partial charge >= 0.3 is 11.9 Å². The van der Waals surface area contributed by atoms with Crippen LogP contribution < -0.4 is 18.9 Å². The van der Waals surface area contributed by atoms with Gasteiger partial charge in [-0.15, -0.1) is 0 Å². The van der Waals surface area contributed by atoms with Crippen LogP contribution in [0.5, 0.6) is 34.5 Å². The van der Waals surface area contributed by atoms with Gasteiger partial charge in [-0.2, -0.15) is 0 Å². The van der Waals surface area contributed by atoms with E-state index in [0.717, 1.165) is 0 Å². The minimum atomic E-state index is -3.91. The zero-order valence-electron chi connectivity index (χ0n) is 29.7. The summed E-state index contributed by atoms with van der Waals surface area (Å²) >= 11 is 0. The molecule has 0 radical (unpaired) electrons. The third-order valence-corrected chi connectivity index (χ3v) is 9.59. The van der Waals surface area contributed by atoms with Crippen LogP contribution in [-0.2, 0) is 19.4 Å². The highest BCUT2D eigenvalue weighted by atomic mass is 32.2. The molecular weight excluding hydrogens is 640 g/mol. The van der Waals surface area contributed by atoms with Crippen molar-refractivity contribution in [2.24, 2.45) is 0 Å². The van der Waals surface area contributed by atoms with E-state index in [1.807, 2.05) is 27.7 Å². The van der Waals surface area contributed by atoms with Gasteiger partial charge in [0.25, 0.3) is 0 Å². The van der Waals surface area contributed by atoms with Crippen LogP contribution in [0.3, 0.4) is 0 Å². The highest BCUT2D eigenvalue weighted by molar-refractivity contribution is 7.91. The lowest BCUT2D eigenvalue weighted by atomic mass is 10.1. The van der Waals surface area contributed by atoms with E-state index in [4.69, 9.17) is 18.9 Å². The summed E-state index contributed by atoms with van der Waals surface area (Å²) in [5.41, 5.74) is 6.01. The fourth-order valence-corrected chi connectivity index (χ4v) is 7.05. The van der Waals surface area contributed by atoms with Crippen molar-refractivity contribution in [3.63, 3.8) is 0 Å². The predicted molar refractivity (Wildman–Crippen MR) is 190 cm³/mol. The SMILES string of the molecule is C=C(C)C(=O)Oc1c(C)cc(Oc2c(C)cc(S(=O)(=O)c3cc(C)c(Oc4cc(C)c(OC(=O)C(=C)C)c(C)c4)c(C)c3)cc2C)cc1C. The summed E-state index contributed by atoms with van der Waals surface area (Å²) in [5.74, 6) is 2.01. The quantitative estimate of drug-likeness (QED) is 0.0925. The molecule has 4 aromatic rings. The first-order valence-corrected chi connectivity index (χ1v) is 17.1. The van der Waals surface area contributed by atoms with Gasteiger partial charge in [0, 0.05) is 11.1 Å². The summed E-state index contributed by atoms with van der Waals surface area (Å²) in [6.45, 7) is 24.9. The van der Waals surface area contributed by atoms with E-state index in [1.54, 1.807) is 90.1 Å². The van der Waals surface area contributed by atoms with E-state index >= 15 is 0 Å². The Morgan fingerprint density at radius 1 is 0.469 bits per heavy atom. The van der Waals surface area contributed by atoms with Gasteiger partial charge in [0.2, 0.25) is 9.84 Å². The van der Waals surface area contributed by atoms with E-state index < -0.39 is 21.8 Å². The standard InChI is InChI=1S/C40H42O8S/c1-21(2)39(41)47-37-23(5)13-31(14-24(37)6)45-35-27(9)17-33(18-28(35)10)49(43,44)34-19-29(11)36(30(12)20-34)46-32-15-25(7)38(26(8)16-32)48-40(42)22(3)4/h13-20H,1,3H2,2,4-12H3. The van der Waals surface area contributed by atoms with Gasteiger partial charge in [-0.05, 0) is 162 Å². The fourth-order valence-electron chi connectivity index (χ4n) is 5.45. The van der Waals surface area contributed by atoms with E-state index in [9.17, 15) is 18.0 Å². The van der Waals surface area contributed by atoms with E-state index in [1.165, 1.54) is 0 Å². The first kappa shape index (κ1) is 36.7. The largest absolute Gasteiger partial charge is 0.457 e. The maximum absolute atomic E-state index is 13.9. The molecule has 0 aliphatic rings. The van der Waals surface area contributed by atoms with Gasteiger partial charge in [0.05, 0.1) is 9.79 Å². The van der Waals surface area contributed by atoms with Crippen LogP contribution in [0, 0.1) is 55.4 Å². The molecule has 0 atom stereocenters. The number of carbonyl (C=O) groups excluding carboxylic acids is 2. The molecule has 0 fully saturated rings. The van der Waals surface area contributed by atoms with Crippen LogP contribution in [0.15, 0.2) is 82.6 Å². The van der Waals surface area contributed by atoms with Gasteiger partial charge in [-0.25, -0.2) is 18.0 Å². The minimum absolute atomic E-state index is 0.142. The number of ether oxygens (including phenoxy) is 4. The summed E-state index contributed by atoms with van der Waals surface area (Å²) in [5, 5.41) is 0. The van der Waals surface area contributed by atoms with Crippen LogP contribution in [0.1, 0.15) is 58.4 Å². The monoisotopic (exact) mass is 682 g/mol. The molecule has 0 aromatic heterocycles. The molecular formula is C40H42O8S. The van der Waals surface area contributed by atoms with E-state index in [2.05, 4.69) is 13.2 Å². The molecule has 0 unspecified atom stereocenters. The lowest BCUT2D eigenvalue weighted by molar-refractivity contribution is -0.131. The minimum Gasteiger partial charge on any atom is -0.457 e. The molecule has 4 rings (SSSR count). The average Bonchev–Trinajstić information content (AvgIpc) is 2.99. The molecule has 0 bridgehead atoms. The third-order valence-electron chi connectivity index (χ3n) is 7.88. The molecule has 0 saturated heterocycles. The number of hydrogen-bond acceptors (Lipinski definition) is 8. The second-order valence-corrected chi connectivity index (χ2v) is 14.5. The highest BCUT2D eigenvalue weighted by Crippen LogP contribution is 2.39. The van der Waals surface area contributed by atoms with Crippen molar-refractivity contribution in [3.8, 4) is 34.5 Å². The molecule has 49 heavy (non-hydrogen) atoms. The number of esters is 2. The molecule has 0 heterocycles. The smallest absolute Gasteiger partial charge is 0.338 e. The van der Waals surface area contributed by atoms with Gasteiger partial charge in [0.15, 0.2) is 0 Å². The molecule has 8 nitrogen and oxygen atoms in total. The normalized spacial score (nSPS) is 11.1. The average molecular weight is 683 g/mol. The molecule has 0 N–H and O–H groups in total. The maximum atomic E-state index is 13.9. The van der Waals surface area contributed by atoms with Crippen LogP contribution in [0.4, 0.5) is 0 Å². The Morgan fingerprint density at radius 3 is 0.959 bits per heavy atom. The Morgan fingerprint density at radius 2 is 0.714 bits per heavy atom. The van der Waals surface area contributed by atoms with Crippen LogP contribution in [0.2, 0.25) is 0 Å². The second kappa shape index (κ2) is 14.1. The Balaban J connectivity index is 1.60. The number of sulfone groups is 1. The molecule has 0 aliphatic heterocycles. The lowest BCUT2D eigenvalue weighted by Gasteiger charge is -2.18. The van der Waals surface area contributed by atoms with Crippen molar-refractivity contribution in [2.45, 2.75) is 79.0 Å². The van der Waals surface area contributed by atoms with Gasteiger partial charge in [-0.1, -0.05) is 13.2 Å². The van der Waals surface area contributed by atoms with Crippen LogP contribution in [0.25, 0.3) is 0 Å². The molecule has 0 aliphatic carbocycles. The van der Waals surface area contributed by atoms with Crippen molar-refractivity contribution in [1.82, 2.24) is 0 Å². The number of benzene rings is 4. The Hall–Kier alpha value is -5.15. The summed E-state index contributed by atoms with van der Waals surface area (Å²) < 4.78 is 51.3. The molecule has 4 aromatic carbocycles. The fraction of sp³-hybridized carbons (Fsp3) is 0.250. The van der Waals surface area contributed by atoms with Crippen molar-refractivity contribution in [2.75, 3.05) is 0 Å². The van der Waals surface area contributed by atoms with Crippen molar-refractivity contribution < 1.29 is 37.0 Å². The van der Waals surface area contributed by atoms with Gasteiger partial charge < -0.3 is 18.9 Å². The van der Waals surface area contributed by atoms with Gasteiger partial charge in [0.1, 0.15) is 34.5 Å². The number of hydrogen-bond donors (Lipinski definition) is 0. The zero-order chi connectivity index (χ0) is 36.5. The van der Waals surface area contributed by atoms with Crippen LogP contribution in [-0.4, -0.2) is 20.4 Å². The zero-order valence-corrected chi connectivity index (χ0v) is 30.5. The molecule has 9 heteroatoms. The summed E-state index contributed by atoms with van der Waals surface area (Å²) in [4.78, 5) is 24.4. The predicted octanol–water partition coefficient (Wildman–Crippen LogP) is 9.53. The number of rotatable bonds is 10. The third kappa shape index (κ3) is 7.95.